The lowest BCUT2D eigenvalue weighted by Gasteiger charge is -2.14. The molecule has 1 aromatic carbocycles. The minimum atomic E-state index is -0.301. The number of aliphatic hydroxyl groups excluding tert-OH is 1. The van der Waals surface area contributed by atoms with Gasteiger partial charge in [0.15, 0.2) is 5.13 Å². The number of aromatic nitrogens is 3. The Balaban J connectivity index is 1.63. The van der Waals surface area contributed by atoms with Crippen molar-refractivity contribution in [2.75, 3.05) is 42.2 Å². The second-order valence-corrected chi connectivity index (χ2v) is 8.27. The third-order valence-electron chi connectivity index (χ3n) is 4.30. The van der Waals surface area contributed by atoms with Gasteiger partial charge in [0.05, 0.1) is 23.5 Å². The molecular formula is C20H24ClN7O3S. The zero-order chi connectivity index (χ0) is 23.1. The summed E-state index contributed by atoms with van der Waals surface area (Å²) in [6.45, 7) is 4.43. The van der Waals surface area contributed by atoms with Crippen molar-refractivity contribution in [3.8, 4) is 0 Å². The predicted octanol–water partition coefficient (Wildman–Crippen LogP) is 3.29. The van der Waals surface area contributed by atoms with Crippen molar-refractivity contribution >= 4 is 51.3 Å². The molecule has 170 valence electrons. The molecule has 0 saturated carbocycles. The summed E-state index contributed by atoms with van der Waals surface area (Å²) in [6.07, 6.45) is 1.48. The molecule has 5 N–H and O–H groups in total. The Morgan fingerprint density at radius 3 is 2.75 bits per heavy atom. The maximum Gasteiger partial charge on any atom is 0.267 e. The van der Waals surface area contributed by atoms with Crippen molar-refractivity contribution in [3.05, 3.63) is 51.7 Å². The largest absolute Gasteiger partial charge is 0.395 e. The minimum absolute atomic E-state index is 0.122. The van der Waals surface area contributed by atoms with Crippen LogP contribution in [0.5, 0.6) is 0 Å². The van der Waals surface area contributed by atoms with Gasteiger partial charge in [0.2, 0.25) is 0 Å². The first-order chi connectivity index (χ1) is 15.4. The highest BCUT2D eigenvalue weighted by molar-refractivity contribution is 7.17. The fraction of sp³-hybridized carbons (Fsp3) is 0.300. The number of hydrogen-bond acceptors (Lipinski definition) is 10. The molecule has 0 fully saturated rings. The van der Waals surface area contributed by atoms with Gasteiger partial charge in [-0.1, -0.05) is 35.1 Å². The Hall–Kier alpha value is -2.83. The number of aliphatic hydroxyl groups is 1. The van der Waals surface area contributed by atoms with E-state index in [9.17, 15) is 10.0 Å². The number of anilines is 4. The highest BCUT2D eigenvalue weighted by atomic mass is 35.5. The average Bonchev–Trinajstić information content (AvgIpc) is 3.19. The van der Waals surface area contributed by atoms with Gasteiger partial charge in [-0.15, -0.1) is 0 Å². The topological polar surface area (TPSA) is 136 Å². The molecule has 1 amide bonds. The number of para-hydroxylation sites is 1. The second-order valence-electron chi connectivity index (χ2n) is 6.83. The molecule has 2 heterocycles. The number of aryl methyl sites for hydroxylation is 2. The summed E-state index contributed by atoms with van der Waals surface area (Å²) >= 11 is 7.37. The van der Waals surface area contributed by atoms with E-state index in [0.29, 0.717) is 51.3 Å². The van der Waals surface area contributed by atoms with Crippen LogP contribution in [0, 0.1) is 13.8 Å². The first-order valence-corrected chi connectivity index (χ1v) is 11.0. The number of nitrogens with zero attached hydrogens (tertiary/aromatic N) is 4. The van der Waals surface area contributed by atoms with Gasteiger partial charge in [0.25, 0.3) is 5.91 Å². The lowest BCUT2D eigenvalue weighted by molar-refractivity contribution is -0.0948. The number of halogens is 1. The standard InChI is InChI=1S/C20H24ClN7O3S/c1-12-4-3-5-14(21)18(12)27-19(30)15-11-23-20(32-15)26-17-10-16(24-13(2)25-17)22-6-7-28(31)8-9-29/h3-5,10-11,29,31H,6-9H2,1-2H3,(H,27,30)(H2,22,23,24,25,26). The first-order valence-electron chi connectivity index (χ1n) is 9.79. The number of carbonyl (C=O) groups excluding carboxylic acids is 1. The smallest absolute Gasteiger partial charge is 0.267 e. The van der Waals surface area contributed by atoms with Crippen molar-refractivity contribution < 1.29 is 15.1 Å². The van der Waals surface area contributed by atoms with Gasteiger partial charge < -0.3 is 26.3 Å². The summed E-state index contributed by atoms with van der Waals surface area (Å²) in [5.41, 5.74) is 1.44. The molecule has 0 radical (unpaired) electrons. The van der Waals surface area contributed by atoms with Crippen molar-refractivity contribution in [1.29, 1.82) is 0 Å². The van der Waals surface area contributed by atoms with Crippen molar-refractivity contribution in [2.45, 2.75) is 13.8 Å². The van der Waals surface area contributed by atoms with Gasteiger partial charge in [0, 0.05) is 25.7 Å². The normalized spacial score (nSPS) is 10.9. The number of carbonyl (C=O) groups is 1. The van der Waals surface area contributed by atoms with E-state index in [1.54, 1.807) is 19.1 Å². The highest BCUT2D eigenvalue weighted by Gasteiger charge is 2.14. The van der Waals surface area contributed by atoms with Gasteiger partial charge in [-0.2, -0.15) is 5.06 Å². The Morgan fingerprint density at radius 2 is 2.00 bits per heavy atom. The van der Waals surface area contributed by atoms with E-state index in [1.165, 1.54) is 17.5 Å². The van der Waals surface area contributed by atoms with Crippen LogP contribution in [0.3, 0.4) is 0 Å². The lowest BCUT2D eigenvalue weighted by atomic mass is 10.2. The molecule has 0 saturated heterocycles. The molecule has 0 aliphatic carbocycles. The van der Waals surface area contributed by atoms with Gasteiger partial charge in [-0.3, -0.25) is 4.79 Å². The molecule has 2 aromatic heterocycles. The molecule has 12 heteroatoms. The van der Waals surface area contributed by atoms with Gasteiger partial charge in [0.1, 0.15) is 22.3 Å². The summed E-state index contributed by atoms with van der Waals surface area (Å²) in [5.74, 6) is 1.32. The fourth-order valence-corrected chi connectivity index (χ4v) is 3.76. The van der Waals surface area contributed by atoms with Crippen LogP contribution in [0.15, 0.2) is 30.5 Å². The van der Waals surface area contributed by atoms with Gasteiger partial charge in [-0.05, 0) is 25.5 Å². The zero-order valence-corrected chi connectivity index (χ0v) is 19.2. The van der Waals surface area contributed by atoms with E-state index in [0.717, 1.165) is 10.6 Å². The summed E-state index contributed by atoms with van der Waals surface area (Å²) in [5, 5.41) is 29.4. The van der Waals surface area contributed by atoms with Crippen molar-refractivity contribution in [2.24, 2.45) is 0 Å². The second kappa shape index (κ2) is 11.2. The fourth-order valence-electron chi connectivity index (χ4n) is 2.77. The maximum absolute atomic E-state index is 12.6. The summed E-state index contributed by atoms with van der Waals surface area (Å²) in [4.78, 5) is 25.9. The lowest BCUT2D eigenvalue weighted by Crippen LogP contribution is -2.28. The summed E-state index contributed by atoms with van der Waals surface area (Å²) in [6, 6.07) is 7.12. The van der Waals surface area contributed by atoms with Crippen LogP contribution in [-0.4, -0.2) is 62.5 Å². The monoisotopic (exact) mass is 477 g/mol. The van der Waals surface area contributed by atoms with E-state index in [1.807, 2.05) is 19.1 Å². The molecule has 10 nitrogen and oxygen atoms in total. The highest BCUT2D eigenvalue weighted by Crippen LogP contribution is 2.28. The molecule has 0 spiro atoms. The Labute approximate surface area is 194 Å². The van der Waals surface area contributed by atoms with Crippen LogP contribution in [-0.2, 0) is 0 Å². The number of rotatable bonds is 10. The van der Waals surface area contributed by atoms with Crippen LogP contribution in [0.2, 0.25) is 5.02 Å². The van der Waals surface area contributed by atoms with Gasteiger partial charge >= 0.3 is 0 Å². The predicted molar refractivity (Wildman–Crippen MR) is 125 cm³/mol. The first kappa shape index (κ1) is 23.8. The number of benzene rings is 1. The molecule has 3 rings (SSSR count). The van der Waals surface area contributed by atoms with Crippen LogP contribution < -0.4 is 16.0 Å². The molecular weight excluding hydrogens is 454 g/mol. The Morgan fingerprint density at radius 1 is 1.22 bits per heavy atom. The number of hydrogen-bond donors (Lipinski definition) is 5. The van der Waals surface area contributed by atoms with Crippen molar-refractivity contribution in [1.82, 2.24) is 20.0 Å². The van der Waals surface area contributed by atoms with Gasteiger partial charge in [-0.25, -0.2) is 15.0 Å². The molecule has 3 aromatic rings. The SMILES string of the molecule is Cc1nc(NCCN(O)CCO)cc(Nc2ncc(C(=O)Nc3c(C)cccc3Cl)s2)n1. The van der Waals surface area contributed by atoms with Crippen LogP contribution >= 0.6 is 22.9 Å². The minimum Gasteiger partial charge on any atom is -0.395 e. The van der Waals surface area contributed by atoms with Crippen LogP contribution in [0.4, 0.5) is 22.5 Å². The third-order valence-corrected chi connectivity index (χ3v) is 5.52. The number of thiazole rings is 1. The van der Waals surface area contributed by atoms with E-state index in [2.05, 4.69) is 30.9 Å². The van der Waals surface area contributed by atoms with Crippen molar-refractivity contribution in [3.63, 3.8) is 0 Å². The molecule has 0 bridgehead atoms. The third kappa shape index (κ3) is 6.58. The molecule has 0 unspecified atom stereocenters. The Bertz CT molecular complexity index is 1060. The Kier molecular flexibility index (Phi) is 8.31. The molecule has 0 atom stereocenters. The number of nitrogens with one attached hydrogen (secondary N) is 3. The van der Waals surface area contributed by atoms with E-state index in [-0.39, 0.29) is 19.1 Å². The number of hydroxylamine groups is 2. The summed E-state index contributed by atoms with van der Waals surface area (Å²) in [7, 11) is 0. The quantitative estimate of drug-likeness (QED) is 0.278. The molecule has 0 aliphatic rings. The molecule has 0 aliphatic heterocycles. The summed E-state index contributed by atoms with van der Waals surface area (Å²) < 4.78 is 0. The van der Waals surface area contributed by atoms with E-state index >= 15 is 0 Å². The maximum atomic E-state index is 12.6. The van der Waals surface area contributed by atoms with Crippen LogP contribution in [0.25, 0.3) is 0 Å². The zero-order valence-electron chi connectivity index (χ0n) is 17.6. The average molecular weight is 478 g/mol. The number of amides is 1. The van der Waals surface area contributed by atoms with E-state index in [4.69, 9.17) is 16.7 Å². The van der Waals surface area contributed by atoms with E-state index < -0.39 is 0 Å². The molecule has 32 heavy (non-hydrogen) atoms. The van der Waals surface area contributed by atoms with Crippen LogP contribution in [0.1, 0.15) is 21.1 Å².